The SMILES string of the molecule is CCCN(Cc1ccc(-c2ccccc2-c2nn[nH]n2)cc1)c1ncc(C(=O)OC)s1. The Morgan fingerprint density at radius 2 is 1.90 bits per heavy atom. The Kier molecular flexibility index (Phi) is 6.32. The van der Waals surface area contributed by atoms with Crippen molar-refractivity contribution in [2.75, 3.05) is 18.6 Å². The minimum atomic E-state index is -0.357. The van der Waals surface area contributed by atoms with Crippen molar-refractivity contribution >= 4 is 22.4 Å². The molecule has 8 nitrogen and oxygen atoms in total. The van der Waals surface area contributed by atoms with Gasteiger partial charge in [0.25, 0.3) is 0 Å². The van der Waals surface area contributed by atoms with E-state index in [9.17, 15) is 4.79 Å². The van der Waals surface area contributed by atoms with Crippen LogP contribution >= 0.6 is 11.3 Å². The lowest BCUT2D eigenvalue weighted by Gasteiger charge is -2.21. The first-order valence-corrected chi connectivity index (χ1v) is 10.7. The van der Waals surface area contributed by atoms with E-state index in [4.69, 9.17) is 4.74 Å². The molecule has 0 aliphatic rings. The molecule has 4 rings (SSSR count). The van der Waals surface area contributed by atoms with Crippen LogP contribution in [0.25, 0.3) is 22.5 Å². The van der Waals surface area contributed by atoms with Crippen LogP contribution in [0.5, 0.6) is 0 Å². The van der Waals surface area contributed by atoms with Gasteiger partial charge in [0, 0.05) is 18.7 Å². The van der Waals surface area contributed by atoms with Crippen molar-refractivity contribution in [2.24, 2.45) is 0 Å². The molecule has 0 radical (unpaired) electrons. The van der Waals surface area contributed by atoms with E-state index in [-0.39, 0.29) is 5.97 Å². The number of benzene rings is 2. The Labute approximate surface area is 183 Å². The molecule has 0 atom stereocenters. The van der Waals surface area contributed by atoms with Crippen LogP contribution in [-0.2, 0) is 11.3 Å². The maximum atomic E-state index is 11.8. The van der Waals surface area contributed by atoms with Gasteiger partial charge in [-0.2, -0.15) is 5.21 Å². The Morgan fingerprint density at radius 1 is 1.13 bits per heavy atom. The quantitative estimate of drug-likeness (QED) is 0.415. The van der Waals surface area contributed by atoms with Crippen LogP contribution in [0.3, 0.4) is 0 Å². The number of tetrazole rings is 1. The molecule has 0 saturated heterocycles. The van der Waals surface area contributed by atoms with Gasteiger partial charge in [0.1, 0.15) is 4.88 Å². The molecular weight excluding hydrogens is 412 g/mol. The van der Waals surface area contributed by atoms with Gasteiger partial charge in [-0.05, 0) is 28.3 Å². The first-order valence-electron chi connectivity index (χ1n) is 9.91. The third-order valence-electron chi connectivity index (χ3n) is 4.80. The number of carbonyl (C=O) groups is 1. The van der Waals surface area contributed by atoms with Crippen molar-refractivity contribution < 1.29 is 9.53 Å². The average Bonchev–Trinajstić information content (AvgIpc) is 3.51. The lowest BCUT2D eigenvalue weighted by atomic mass is 9.98. The monoisotopic (exact) mass is 434 g/mol. The molecular formula is C22H22N6O2S. The number of nitrogens with one attached hydrogen (secondary N) is 1. The van der Waals surface area contributed by atoms with Crippen LogP contribution in [0.15, 0.2) is 54.7 Å². The van der Waals surface area contributed by atoms with Gasteiger partial charge in [0.15, 0.2) is 5.13 Å². The first-order chi connectivity index (χ1) is 15.2. The summed E-state index contributed by atoms with van der Waals surface area (Å²) in [5.74, 6) is 0.212. The number of anilines is 1. The van der Waals surface area contributed by atoms with E-state index in [2.05, 4.69) is 61.7 Å². The second kappa shape index (κ2) is 9.48. The lowest BCUT2D eigenvalue weighted by molar-refractivity contribution is 0.0606. The van der Waals surface area contributed by atoms with Gasteiger partial charge in [-0.3, -0.25) is 0 Å². The molecule has 0 spiro atoms. The molecule has 0 bridgehead atoms. The molecule has 0 aliphatic heterocycles. The van der Waals surface area contributed by atoms with Crippen molar-refractivity contribution in [3.05, 3.63) is 65.2 Å². The highest BCUT2D eigenvalue weighted by Gasteiger charge is 2.16. The summed E-state index contributed by atoms with van der Waals surface area (Å²) in [4.78, 5) is 18.9. The number of carbonyl (C=O) groups excluding carboxylic acids is 1. The minimum Gasteiger partial charge on any atom is -0.465 e. The normalized spacial score (nSPS) is 10.8. The highest BCUT2D eigenvalue weighted by molar-refractivity contribution is 7.17. The molecule has 31 heavy (non-hydrogen) atoms. The molecule has 0 amide bonds. The summed E-state index contributed by atoms with van der Waals surface area (Å²) in [6.45, 7) is 3.67. The fourth-order valence-corrected chi connectivity index (χ4v) is 4.19. The topological polar surface area (TPSA) is 96.9 Å². The Hall–Kier alpha value is -3.59. The van der Waals surface area contributed by atoms with Crippen molar-refractivity contribution in [1.82, 2.24) is 25.6 Å². The van der Waals surface area contributed by atoms with Gasteiger partial charge >= 0.3 is 5.97 Å². The summed E-state index contributed by atoms with van der Waals surface area (Å²) < 4.78 is 4.80. The Morgan fingerprint density at radius 3 is 2.58 bits per heavy atom. The van der Waals surface area contributed by atoms with Crippen LogP contribution in [0, 0.1) is 0 Å². The van der Waals surface area contributed by atoms with Crippen LogP contribution in [0.4, 0.5) is 5.13 Å². The highest BCUT2D eigenvalue weighted by atomic mass is 32.1. The van der Waals surface area contributed by atoms with Crippen molar-refractivity contribution in [3.8, 4) is 22.5 Å². The zero-order valence-electron chi connectivity index (χ0n) is 17.3. The maximum absolute atomic E-state index is 11.8. The summed E-state index contributed by atoms with van der Waals surface area (Å²) >= 11 is 1.35. The van der Waals surface area contributed by atoms with E-state index in [0.717, 1.165) is 40.4 Å². The van der Waals surface area contributed by atoms with Crippen molar-refractivity contribution in [3.63, 3.8) is 0 Å². The van der Waals surface area contributed by atoms with Crippen molar-refractivity contribution in [1.29, 1.82) is 0 Å². The van der Waals surface area contributed by atoms with Gasteiger partial charge in [0.05, 0.1) is 13.3 Å². The van der Waals surface area contributed by atoms with E-state index in [1.165, 1.54) is 18.4 Å². The number of hydrogen-bond donors (Lipinski definition) is 1. The number of ether oxygens (including phenoxy) is 1. The Balaban J connectivity index is 1.55. The molecule has 2 heterocycles. The number of esters is 1. The predicted molar refractivity (Wildman–Crippen MR) is 120 cm³/mol. The molecule has 9 heteroatoms. The van der Waals surface area contributed by atoms with Crippen LogP contribution < -0.4 is 4.90 Å². The van der Waals surface area contributed by atoms with Crippen LogP contribution in [0.1, 0.15) is 28.6 Å². The molecule has 158 valence electrons. The van der Waals surface area contributed by atoms with E-state index < -0.39 is 0 Å². The number of thiazole rings is 1. The van der Waals surface area contributed by atoms with Crippen molar-refractivity contribution in [2.45, 2.75) is 19.9 Å². The van der Waals surface area contributed by atoms with E-state index in [1.807, 2.05) is 24.3 Å². The molecule has 0 unspecified atom stereocenters. The minimum absolute atomic E-state index is 0.357. The lowest BCUT2D eigenvalue weighted by Crippen LogP contribution is -2.23. The molecule has 2 aromatic heterocycles. The van der Waals surface area contributed by atoms with Gasteiger partial charge < -0.3 is 9.64 Å². The fourth-order valence-electron chi connectivity index (χ4n) is 3.33. The second-order valence-electron chi connectivity index (χ2n) is 6.90. The second-order valence-corrected chi connectivity index (χ2v) is 7.91. The summed E-state index contributed by atoms with van der Waals surface area (Å²) in [5.41, 5.74) is 4.20. The van der Waals surface area contributed by atoms with E-state index in [0.29, 0.717) is 17.2 Å². The Bertz CT molecular complexity index is 1140. The van der Waals surface area contributed by atoms with Crippen LogP contribution in [-0.4, -0.2) is 45.2 Å². The number of aromatic nitrogens is 5. The van der Waals surface area contributed by atoms with Gasteiger partial charge in [-0.25, -0.2) is 9.78 Å². The maximum Gasteiger partial charge on any atom is 0.349 e. The number of H-pyrrole nitrogens is 1. The van der Waals surface area contributed by atoms with E-state index >= 15 is 0 Å². The first kappa shape index (κ1) is 20.7. The fraction of sp³-hybridized carbons (Fsp3) is 0.227. The number of aromatic amines is 1. The van der Waals surface area contributed by atoms with Gasteiger partial charge in [-0.1, -0.05) is 66.8 Å². The molecule has 0 fully saturated rings. The molecule has 0 saturated carbocycles. The molecule has 2 aromatic carbocycles. The summed E-state index contributed by atoms with van der Waals surface area (Å²) in [7, 11) is 1.38. The molecule has 4 aromatic rings. The van der Waals surface area contributed by atoms with Gasteiger partial charge in [-0.15, -0.1) is 10.2 Å². The number of methoxy groups -OCH3 is 1. The zero-order chi connectivity index (χ0) is 21.6. The third kappa shape index (κ3) is 4.61. The highest BCUT2D eigenvalue weighted by Crippen LogP contribution is 2.30. The standard InChI is InChI=1S/C22H22N6O2S/c1-3-12-28(22-23-13-19(31-22)21(29)30-2)14-15-8-10-16(11-9-15)17-6-4-5-7-18(17)20-24-26-27-25-20/h4-11,13H,3,12,14H2,1-2H3,(H,24,25,26,27). The summed E-state index contributed by atoms with van der Waals surface area (Å²) in [5, 5.41) is 15.2. The summed E-state index contributed by atoms with van der Waals surface area (Å²) in [6.07, 6.45) is 2.55. The largest absolute Gasteiger partial charge is 0.465 e. The summed E-state index contributed by atoms with van der Waals surface area (Å²) in [6, 6.07) is 16.4. The number of hydrogen-bond acceptors (Lipinski definition) is 8. The third-order valence-corrected chi connectivity index (χ3v) is 5.83. The number of rotatable bonds is 8. The van der Waals surface area contributed by atoms with Crippen LogP contribution in [0.2, 0.25) is 0 Å². The average molecular weight is 435 g/mol. The smallest absolute Gasteiger partial charge is 0.349 e. The predicted octanol–water partition coefficient (Wildman–Crippen LogP) is 4.19. The van der Waals surface area contributed by atoms with E-state index in [1.54, 1.807) is 6.20 Å². The number of nitrogens with zero attached hydrogens (tertiary/aromatic N) is 5. The zero-order valence-corrected chi connectivity index (χ0v) is 18.1. The molecule has 1 N–H and O–H groups in total. The molecule has 0 aliphatic carbocycles. The van der Waals surface area contributed by atoms with Gasteiger partial charge in [0.2, 0.25) is 5.82 Å².